The molecule has 1 aliphatic heterocycles. The summed E-state index contributed by atoms with van der Waals surface area (Å²) in [6.45, 7) is -0.527. The van der Waals surface area contributed by atoms with Crippen molar-refractivity contribution in [3.63, 3.8) is 0 Å². The van der Waals surface area contributed by atoms with E-state index in [1.807, 2.05) is 0 Å². The van der Waals surface area contributed by atoms with E-state index >= 15 is 0 Å². The maximum atomic E-state index is 12.7. The van der Waals surface area contributed by atoms with Crippen LogP contribution >= 0.6 is 0 Å². The molecule has 1 saturated heterocycles. The number of fused-ring (bicyclic) bond motifs is 1. The third-order valence-electron chi connectivity index (χ3n) is 4.24. The summed E-state index contributed by atoms with van der Waals surface area (Å²) >= 11 is 0. The molecule has 1 aromatic heterocycles. The van der Waals surface area contributed by atoms with Crippen molar-refractivity contribution < 1.29 is 21.6 Å². The summed E-state index contributed by atoms with van der Waals surface area (Å²) in [6.07, 6.45) is -0.423. The number of nitrogens with zero attached hydrogens (tertiary/aromatic N) is 2. The van der Waals surface area contributed by atoms with Crippen molar-refractivity contribution in [3.8, 4) is 0 Å². The molecule has 3 rings (SSSR count). The number of nitrogens with one attached hydrogen (secondary N) is 1. The lowest BCUT2D eigenvalue weighted by Gasteiger charge is -2.32. The molecule has 0 aliphatic carbocycles. The molecule has 9 heteroatoms. The van der Waals surface area contributed by atoms with E-state index in [1.54, 1.807) is 24.4 Å². The summed E-state index contributed by atoms with van der Waals surface area (Å²) in [5.41, 5.74) is 0. The molecule has 0 unspecified atom stereocenters. The highest BCUT2D eigenvalue weighted by Crippen LogP contribution is 2.24. The summed E-state index contributed by atoms with van der Waals surface area (Å²) in [5, 5.41) is 1.28. The Kier molecular flexibility index (Phi) is 4.99. The molecule has 0 saturated carbocycles. The van der Waals surface area contributed by atoms with Gasteiger partial charge in [-0.2, -0.15) is 13.2 Å². The van der Waals surface area contributed by atoms with Crippen molar-refractivity contribution in [1.82, 2.24) is 14.6 Å². The second-order valence-electron chi connectivity index (χ2n) is 6.14. The van der Waals surface area contributed by atoms with Crippen molar-refractivity contribution in [2.24, 2.45) is 0 Å². The minimum Gasteiger partial charge on any atom is -0.295 e. The number of piperidine rings is 1. The van der Waals surface area contributed by atoms with Gasteiger partial charge in [0.05, 0.1) is 11.4 Å². The van der Waals surface area contributed by atoms with Crippen LogP contribution in [0.4, 0.5) is 13.2 Å². The van der Waals surface area contributed by atoms with Gasteiger partial charge in [-0.3, -0.25) is 9.88 Å². The molecule has 1 N–H and O–H groups in total. The van der Waals surface area contributed by atoms with E-state index in [0.29, 0.717) is 23.6 Å². The predicted octanol–water partition coefficient (Wildman–Crippen LogP) is 2.54. The number of rotatable bonds is 4. The molecule has 0 spiro atoms. The first-order chi connectivity index (χ1) is 11.7. The normalized spacial score (nSPS) is 17.9. The Labute approximate surface area is 143 Å². The summed E-state index contributed by atoms with van der Waals surface area (Å²) < 4.78 is 65.3. The number of halogens is 3. The smallest absolute Gasteiger partial charge is 0.295 e. The van der Waals surface area contributed by atoms with E-state index in [-0.39, 0.29) is 24.0 Å². The number of pyridine rings is 1. The lowest BCUT2D eigenvalue weighted by Crippen LogP contribution is -2.47. The minimum absolute atomic E-state index is 0.158. The van der Waals surface area contributed by atoms with E-state index in [9.17, 15) is 21.6 Å². The molecule has 1 aromatic carbocycles. The molecule has 136 valence electrons. The van der Waals surface area contributed by atoms with Gasteiger partial charge in [0.25, 0.3) is 0 Å². The topological polar surface area (TPSA) is 62.3 Å². The second-order valence-corrected chi connectivity index (χ2v) is 7.82. The van der Waals surface area contributed by atoms with Gasteiger partial charge in [0.2, 0.25) is 10.0 Å². The molecule has 5 nitrogen and oxygen atoms in total. The zero-order valence-corrected chi connectivity index (χ0v) is 14.1. The largest absolute Gasteiger partial charge is 0.401 e. The average molecular weight is 373 g/mol. The Balaban J connectivity index is 1.70. The van der Waals surface area contributed by atoms with Gasteiger partial charge in [-0.15, -0.1) is 0 Å². The Bertz CT molecular complexity index is 842. The van der Waals surface area contributed by atoms with Crippen LogP contribution < -0.4 is 4.72 Å². The molecule has 0 radical (unpaired) electrons. The van der Waals surface area contributed by atoms with Gasteiger partial charge in [0.15, 0.2) is 0 Å². The highest BCUT2D eigenvalue weighted by atomic mass is 32.2. The second kappa shape index (κ2) is 6.89. The van der Waals surface area contributed by atoms with Gasteiger partial charge >= 0.3 is 6.18 Å². The zero-order valence-electron chi connectivity index (χ0n) is 13.3. The van der Waals surface area contributed by atoms with E-state index in [1.165, 1.54) is 17.2 Å². The van der Waals surface area contributed by atoms with E-state index in [2.05, 4.69) is 9.71 Å². The van der Waals surface area contributed by atoms with Crippen LogP contribution in [0.5, 0.6) is 0 Å². The number of alkyl halides is 3. The van der Waals surface area contributed by atoms with Crippen LogP contribution in [0.3, 0.4) is 0 Å². The number of sulfonamides is 1. The van der Waals surface area contributed by atoms with Crippen LogP contribution in [0.25, 0.3) is 10.8 Å². The Hall–Kier alpha value is -1.71. The lowest BCUT2D eigenvalue weighted by molar-refractivity contribution is -0.148. The molecule has 0 bridgehead atoms. The Morgan fingerprint density at radius 1 is 1.20 bits per heavy atom. The molecule has 0 atom stereocenters. The fourth-order valence-corrected chi connectivity index (χ4v) is 4.61. The number of benzene rings is 1. The molecule has 1 fully saturated rings. The highest BCUT2D eigenvalue weighted by Gasteiger charge is 2.33. The lowest BCUT2D eigenvalue weighted by atomic mass is 10.1. The van der Waals surface area contributed by atoms with Gasteiger partial charge in [-0.1, -0.05) is 12.1 Å². The summed E-state index contributed by atoms with van der Waals surface area (Å²) in [6, 6.07) is 6.20. The Morgan fingerprint density at radius 2 is 1.92 bits per heavy atom. The van der Waals surface area contributed by atoms with Gasteiger partial charge in [0, 0.05) is 29.2 Å². The van der Waals surface area contributed by atoms with Gasteiger partial charge in [-0.25, -0.2) is 13.1 Å². The van der Waals surface area contributed by atoms with Crippen LogP contribution in [0, 0.1) is 0 Å². The van der Waals surface area contributed by atoms with Crippen LogP contribution in [0.1, 0.15) is 12.8 Å². The molecule has 2 aromatic rings. The maximum absolute atomic E-state index is 12.7. The standard InChI is InChI=1S/C16H18F3N3O2S/c17-16(18,19)11-22-8-5-13(6-9-22)21-25(23,24)15-3-1-2-12-10-20-7-4-14(12)15/h1-4,7,10,13,21H,5-6,8-9,11H2. The van der Waals surface area contributed by atoms with Crippen LogP contribution in [0.15, 0.2) is 41.6 Å². The van der Waals surface area contributed by atoms with E-state index in [0.717, 1.165) is 0 Å². The summed E-state index contributed by atoms with van der Waals surface area (Å²) in [5.74, 6) is 0. The Morgan fingerprint density at radius 3 is 2.60 bits per heavy atom. The first kappa shape index (κ1) is 18.1. The van der Waals surface area contributed by atoms with Crippen molar-refractivity contribution >= 4 is 20.8 Å². The van der Waals surface area contributed by atoms with Crippen molar-refractivity contribution in [2.75, 3.05) is 19.6 Å². The SMILES string of the molecule is O=S(=O)(NC1CCN(CC(F)(F)F)CC1)c1cccc2cnccc12. The number of hydrogen-bond donors (Lipinski definition) is 1. The fraction of sp³-hybridized carbons (Fsp3) is 0.438. The summed E-state index contributed by atoms with van der Waals surface area (Å²) in [7, 11) is -3.76. The van der Waals surface area contributed by atoms with E-state index in [4.69, 9.17) is 0 Å². The summed E-state index contributed by atoms with van der Waals surface area (Å²) in [4.78, 5) is 5.43. The monoisotopic (exact) mass is 373 g/mol. The first-order valence-corrected chi connectivity index (χ1v) is 9.37. The quantitative estimate of drug-likeness (QED) is 0.895. The van der Waals surface area contributed by atoms with Gasteiger partial charge in [-0.05, 0) is 38.1 Å². The highest BCUT2D eigenvalue weighted by molar-refractivity contribution is 7.89. The van der Waals surface area contributed by atoms with Crippen LogP contribution in [-0.2, 0) is 10.0 Å². The van der Waals surface area contributed by atoms with Gasteiger partial charge < -0.3 is 0 Å². The molecular formula is C16H18F3N3O2S. The number of likely N-dealkylation sites (tertiary alicyclic amines) is 1. The molecule has 0 amide bonds. The molecule has 1 aliphatic rings. The maximum Gasteiger partial charge on any atom is 0.401 e. The predicted molar refractivity (Wildman–Crippen MR) is 87.6 cm³/mol. The van der Waals surface area contributed by atoms with Gasteiger partial charge in [0.1, 0.15) is 0 Å². The average Bonchev–Trinajstić information content (AvgIpc) is 2.54. The van der Waals surface area contributed by atoms with Crippen molar-refractivity contribution in [3.05, 3.63) is 36.7 Å². The minimum atomic E-state index is -4.23. The third kappa shape index (κ3) is 4.47. The molecule has 25 heavy (non-hydrogen) atoms. The third-order valence-corrected chi connectivity index (χ3v) is 5.82. The van der Waals surface area contributed by atoms with Crippen LogP contribution in [0.2, 0.25) is 0 Å². The first-order valence-electron chi connectivity index (χ1n) is 7.89. The van der Waals surface area contributed by atoms with Crippen LogP contribution in [-0.4, -0.2) is 50.2 Å². The van der Waals surface area contributed by atoms with Crippen molar-refractivity contribution in [1.29, 1.82) is 0 Å². The molecular weight excluding hydrogens is 355 g/mol. The number of hydrogen-bond acceptors (Lipinski definition) is 4. The van der Waals surface area contributed by atoms with Crippen molar-refractivity contribution in [2.45, 2.75) is 30.0 Å². The van der Waals surface area contributed by atoms with E-state index < -0.39 is 22.7 Å². The number of aromatic nitrogens is 1. The fourth-order valence-electron chi connectivity index (χ4n) is 3.07. The molecule has 2 heterocycles. The zero-order chi connectivity index (χ0) is 18.1.